The molecule has 0 bridgehead atoms. The van der Waals surface area contributed by atoms with Gasteiger partial charge >= 0.3 is 5.69 Å². The molecule has 0 aliphatic rings. The fourth-order valence-electron chi connectivity index (χ4n) is 2.45. The zero-order chi connectivity index (χ0) is 16.4. The fourth-order valence-corrected chi connectivity index (χ4v) is 2.45. The van der Waals surface area contributed by atoms with E-state index in [1.54, 1.807) is 13.0 Å². The molecule has 0 amide bonds. The summed E-state index contributed by atoms with van der Waals surface area (Å²) < 4.78 is 2.40. The van der Waals surface area contributed by atoms with Gasteiger partial charge in [0.2, 0.25) is 0 Å². The third-order valence-corrected chi connectivity index (χ3v) is 3.67. The number of rotatable bonds is 3. The molecule has 0 saturated heterocycles. The van der Waals surface area contributed by atoms with Crippen LogP contribution < -0.4 is 11.2 Å². The van der Waals surface area contributed by atoms with Crippen molar-refractivity contribution in [2.24, 2.45) is 0 Å². The van der Waals surface area contributed by atoms with E-state index < -0.39 is 11.2 Å². The molecular weight excluding hydrogens is 292 g/mol. The molecule has 114 valence electrons. The number of para-hydroxylation sites is 1. The van der Waals surface area contributed by atoms with Crippen LogP contribution in [-0.2, 0) is 13.1 Å². The number of aryl methyl sites for hydroxylation is 1. The summed E-state index contributed by atoms with van der Waals surface area (Å²) in [6.45, 7) is 2.21. The molecule has 3 rings (SSSR count). The average Bonchev–Trinajstić information content (AvgIpc) is 2.59. The molecule has 6 heteroatoms. The molecule has 23 heavy (non-hydrogen) atoms. The SMILES string of the molecule is CCn1cc(C#N)c(=O)n(Cc2ccc3ccccc3n2)c1=O. The number of nitriles is 1. The van der Waals surface area contributed by atoms with Gasteiger partial charge in [0, 0.05) is 18.1 Å². The van der Waals surface area contributed by atoms with Gasteiger partial charge in [-0.1, -0.05) is 24.3 Å². The molecule has 0 radical (unpaired) electrons. The van der Waals surface area contributed by atoms with Crippen molar-refractivity contribution in [3.05, 3.63) is 74.7 Å². The number of hydrogen-bond donors (Lipinski definition) is 0. The molecule has 0 spiro atoms. The van der Waals surface area contributed by atoms with Gasteiger partial charge in [-0.15, -0.1) is 0 Å². The predicted octanol–water partition coefficient (Wildman–Crippen LogP) is 1.50. The van der Waals surface area contributed by atoms with Crippen molar-refractivity contribution in [2.45, 2.75) is 20.0 Å². The molecule has 0 N–H and O–H groups in total. The van der Waals surface area contributed by atoms with Crippen LogP contribution in [0.3, 0.4) is 0 Å². The predicted molar refractivity (Wildman–Crippen MR) is 86.2 cm³/mol. The Kier molecular flexibility index (Phi) is 3.77. The lowest BCUT2D eigenvalue weighted by molar-refractivity contribution is 0.593. The minimum Gasteiger partial charge on any atom is -0.299 e. The molecule has 0 fully saturated rings. The molecule has 2 aromatic heterocycles. The van der Waals surface area contributed by atoms with Gasteiger partial charge < -0.3 is 0 Å². The third kappa shape index (κ3) is 2.64. The Bertz CT molecular complexity index is 1040. The van der Waals surface area contributed by atoms with Gasteiger partial charge in [-0.25, -0.2) is 4.79 Å². The minimum atomic E-state index is -0.586. The van der Waals surface area contributed by atoms with Crippen LogP contribution in [0.25, 0.3) is 10.9 Å². The van der Waals surface area contributed by atoms with Crippen LogP contribution in [0.15, 0.2) is 52.2 Å². The van der Waals surface area contributed by atoms with Crippen molar-refractivity contribution in [1.29, 1.82) is 5.26 Å². The van der Waals surface area contributed by atoms with Crippen LogP contribution in [0.5, 0.6) is 0 Å². The first-order chi connectivity index (χ1) is 11.1. The number of hydrogen-bond acceptors (Lipinski definition) is 4. The van der Waals surface area contributed by atoms with E-state index in [2.05, 4.69) is 4.98 Å². The second-order valence-electron chi connectivity index (χ2n) is 5.11. The van der Waals surface area contributed by atoms with Crippen molar-refractivity contribution in [1.82, 2.24) is 14.1 Å². The third-order valence-electron chi connectivity index (χ3n) is 3.67. The van der Waals surface area contributed by atoms with E-state index in [4.69, 9.17) is 5.26 Å². The van der Waals surface area contributed by atoms with Crippen LogP contribution in [0.1, 0.15) is 18.2 Å². The maximum atomic E-state index is 12.3. The van der Waals surface area contributed by atoms with Crippen LogP contribution in [0, 0.1) is 11.3 Å². The summed E-state index contributed by atoms with van der Waals surface area (Å²) in [5.41, 5.74) is 0.321. The number of fused-ring (bicyclic) bond motifs is 1. The number of pyridine rings is 1. The van der Waals surface area contributed by atoms with E-state index in [0.717, 1.165) is 15.5 Å². The van der Waals surface area contributed by atoms with E-state index in [-0.39, 0.29) is 12.1 Å². The van der Waals surface area contributed by atoms with Crippen molar-refractivity contribution in [3.63, 3.8) is 0 Å². The molecule has 0 atom stereocenters. The summed E-state index contributed by atoms with van der Waals surface area (Å²) in [5.74, 6) is 0. The molecule has 0 aliphatic heterocycles. The van der Waals surface area contributed by atoms with Crippen molar-refractivity contribution in [2.75, 3.05) is 0 Å². The highest BCUT2D eigenvalue weighted by atomic mass is 16.2. The second kappa shape index (κ2) is 5.89. The average molecular weight is 306 g/mol. The molecule has 0 unspecified atom stereocenters. The Balaban J connectivity index is 2.13. The molecule has 1 aromatic carbocycles. The lowest BCUT2D eigenvalue weighted by atomic mass is 10.2. The highest BCUT2D eigenvalue weighted by molar-refractivity contribution is 5.78. The highest BCUT2D eigenvalue weighted by Crippen LogP contribution is 2.11. The topological polar surface area (TPSA) is 80.7 Å². The van der Waals surface area contributed by atoms with E-state index in [0.29, 0.717) is 12.2 Å². The number of aromatic nitrogens is 3. The first-order valence-corrected chi connectivity index (χ1v) is 7.23. The quantitative estimate of drug-likeness (QED) is 0.734. The summed E-state index contributed by atoms with van der Waals surface area (Å²) >= 11 is 0. The van der Waals surface area contributed by atoms with Crippen LogP contribution >= 0.6 is 0 Å². The summed E-state index contributed by atoms with van der Waals surface area (Å²) in [7, 11) is 0. The van der Waals surface area contributed by atoms with Crippen LogP contribution in [0.4, 0.5) is 0 Å². The standard InChI is InChI=1S/C17H14N4O2/c1-2-20-10-13(9-18)16(22)21(17(20)23)11-14-8-7-12-5-3-4-6-15(12)19-14/h3-8,10H,2,11H2,1H3. The van der Waals surface area contributed by atoms with Crippen LogP contribution in [-0.4, -0.2) is 14.1 Å². The highest BCUT2D eigenvalue weighted by Gasteiger charge is 2.11. The van der Waals surface area contributed by atoms with Gasteiger partial charge in [-0.05, 0) is 19.1 Å². The van der Waals surface area contributed by atoms with Gasteiger partial charge in [-0.3, -0.25) is 18.9 Å². The number of benzene rings is 1. The maximum Gasteiger partial charge on any atom is 0.331 e. The second-order valence-corrected chi connectivity index (χ2v) is 5.11. The van der Waals surface area contributed by atoms with Gasteiger partial charge in [0.1, 0.15) is 11.6 Å². The van der Waals surface area contributed by atoms with E-state index in [1.165, 1.54) is 10.8 Å². The summed E-state index contributed by atoms with van der Waals surface area (Å²) in [5, 5.41) is 10.1. The normalized spacial score (nSPS) is 10.6. The Morgan fingerprint density at radius 2 is 1.96 bits per heavy atom. The first-order valence-electron chi connectivity index (χ1n) is 7.23. The van der Waals surface area contributed by atoms with Crippen molar-refractivity contribution in [3.8, 4) is 6.07 Å². The van der Waals surface area contributed by atoms with E-state index in [9.17, 15) is 9.59 Å². The first kappa shape index (κ1) is 14.7. The molecule has 0 saturated carbocycles. The van der Waals surface area contributed by atoms with Gasteiger partial charge in [0.15, 0.2) is 0 Å². The summed E-state index contributed by atoms with van der Waals surface area (Å²) in [6.07, 6.45) is 1.30. The van der Waals surface area contributed by atoms with E-state index >= 15 is 0 Å². The maximum absolute atomic E-state index is 12.3. The molecular formula is C17H14N4O2. The lowest BCUT2D eigenvalue weighted by Gasteiger charge is -2.09. The van der Waals surface area contributed by atoms with Gasteiger partial charge in [-0.2, -0.15) is 5.26 Å². The van der Waals surface area contributed by atoms with Crippen molar-refractivity contribution >= 4 is 10.9 Å². The van der Waals surface area contributed by atoms with E-state index in [1.807, 2.05) is 36.4 Å². The van der Waals surface area contributed by atoms with Crippen molar-refractivity contribution < 1.29 is 0 Å². The monoisotopic (exact) mass is 306 g/mol. The molecule has 3 aromatic rings. The largest absolute Gasteiger partial charge is 0.331 e. The van der Waals surface area contributed by atoms with Gasteiger partial charge in [0.05, 0.1) is 17.8 Å². The molecule has 0 aliphatic carbocycles. The Morgan fingerprint density at radius 3 is 2.70 bits per heavy atom. The smallest absolute Gasteiger partial charge is 0.299 e. The zero-order valence-corrected chi connectivity index (χ0v) is 12.6. The molecule has 2 heterocycles. The lowest BCUT2D eigenvalue weighted by Crippen LogP contribution is -2.41. The molecule has 6 nitrogen and oxygen atoms in total. The minimum absolute atomic E-state index is 0.0397. The Labute approximate surface area is 131 Å². The summed E-state index contributed by atoms with van der Waals surface area (Å²) in [6, 6.07) is 13.1. The number of nitrogens with zero attached hydrogens (tertiary/aromatic N) is 4. The van der Waals surface area contributed by atoms with Gasteiger partial charge in [0.25, 0.3) is 5.56 Å². The summed E-state index contributed by atoms with van der Waals surface area (Å²) in [4.78, 5) is 29.1. The Hall–Kier alpha value is -3.20. The van der Waals surface area contributed by atoms with Crippen LogP contribution in [0.2, 0.25) is 0 Å². The Morgan fingerprint density at radius 1 is 1.17 bits per heavy atom. The zero-order valence-electron chi connectivity index (χ0n) is 12.6. The fraction of sp³-hybridized carbons (Fsp3) is 0.176.